The van der Waals surface area contributed by atoms with E-state index in [0.29, 0.717) is 28.2 Å². The summed E-state index contributed by atoms with van der Waals surface area (Å²) in [6.07, 6.45) is -4.43. The number of alkyl halides is 3. The highest BCUT2D eigenvalue weighted by atomic mass is 19.4. The lowest BCUT2D eigenvalue weighted by Gasteiger charge is -2.18. The Morgan fingerprint density at radius 3 is 1.52 bits per heavy atom. The average Bonchev–Trinajstić information content (AvgIpc) is 2.64. The molecule has 0 aliphatic heterocycles. The van der Waals surface area contributed by atoms with E-state index in [1.807, 2.05) is 26.0 Å². The monoisotopic (exact) mass is 400 g/mol. The van der Waals surface area contributed by atoms with E-state index in [0.717, 1.165) is 34.4 Å². The summed E-state index contributed by atoms with van der Waals surface area (Å²) in [6.45, 7) is 5.68. The first kappa shape index (κ1) is 20.8. The van der Waals surface area contributed by atoms with Gasteiger partial charge in [0.2, 0.25) is 0 Å². The van der Waals surface area contributed by atoms with Crippen molar-refractivity contribution in [1.82, 2.24) is 0 Å². The van der Waals surface area contributed by atoms with Crippen LogP contribution in [0.5, 0.6) is 11.5 Å². The zero-order valence-corrected chi connectivity index (χ0v) is 17.1. The third kappa shape index (κ3) is 4.39. The van der Waals surface area contributed by atoms with Crippen molar-refractivity contribution in [1.29, 1.82) is 0 Å². The van der Waals surface area contributed by atoms with Crippen LogP contribution in [0.4, 0.5) is 13.2 Å². The van der Waals surface area contributed by atoms with Gasteiger partial charge in [-0.25, -0.2) is 0 Å². The van der Waals surface area contributed by atoms with Crippen molar-refractivity contribution in [2.75, 3.05) is 14.2 Å². The molecule has 0 bridgehead atoms. The number of hydrogen-bond donors (Lipinski definition) is 0. The van der Waals surface area contributed by atoms with Crippen molar-refractivity contribution in [3.05, 3.63) is 70.8 Å². The van der Waals surface area contributed by atoms with Crippen molar-refractivity contribution in [3.8, 4) is 33.8 Å². The third-order valence-electron chi connectivity index (χ3n) is 4.75. The van der Waals surface area contributed by atoms with Gasteiger partial charge in [0.15, 0.2) is 0 Å². The number of aryl methyl sites for hydroxylation is 3. The van der Waals surface area contributed by atoms with E-state index in [4.69, 9.17) is 9.47 Å². The first-order valence-corrected chi connectivity index (χ1v) is 9.16. The van der Waals surface area contributed by atoms with Crippen LogP contribution in [0.3, 0.4) is 0 Å². The molecular weight excluding hydrogens is 377 g/mol. The number of benzene rings is 3. The molecule has 0 saturated heterocycles. The van der Waals surface area contributed by atoms with Crippen LogP contribution in [-0.2, 0) is 6.18 Å². The van der Waals surface area contributed by atoms with Crippen LogP contribution in [0.15, 0.2) is 48.5 Å². The van der Waals surface area contributed by atoms with Gasteiger partial charge in [-0.15, -0.1) is 0 Å². The fourth-order valence-electron chi connectivity index (χ4n) is 3.60. The van der Waals surface area contributed by atoms with E-state index in [1.165, 1.54) is 14.2 Å². The van der Waals surface area contributed by atoms with E-state index < -0.39 is 11.7 Å². The minimum atomic E-state index is -4.43. The molecule has 0 aliphatic carbocycles. The van der Waals surface area contributed by atoms with E-state index >= 15 is 0 Å². The largest absolute Gasteiger partial charge is 0.496 e. The van der Waals surface area contributed by atoms with Gasteiger partial charge >= 0.3 is 6.18 Å². The summed E-state index contributed by atoms with van der Waals surface area (Å²) < 4.78 is 51.1. The van der Waals surface area contributed by atoms with Gasteiger partial charge in [0.05, 0.1) is 25.3 Å². The molecule has 0 aliphatic rings. The van der Waals surface area contributed by atoms with Gasteiger partial charge in [-0.2, -0.15) is 13.2 Å². The molecule has 3 rings (SSSR count). The Hall–Kier alpha value is -2.95. The van der Waals surface area contributed by atoms with Crippen molar-refractivity contribution in [2.24, 2.45) is 0 Å². The highest BCUT2D eigenvalue weighted by Gasteiger charge is 2.31. The molecule has 152 valence electrons. The van der Waals surface area contributed by atoms with Crippen LogP contribution in [0.2, 0.25) is 0 Å². The minimum absolute atomic E-state index is 0.401. The summed E-state index contributed by atoms with van der Waals surface area (Å²) in [7, 11) is 3.01. The van der Waals surface area contributed by atoms with E-state index in [-0.39, 0.29) is 0 Å². The zero-order valence-electron chi connectivity index (χ0n) is 17.1. The van der Waals surface area contributed by atoms with Crippen molar-refractivity contribution in [2.45, 2.75) is 26.9 Å². The molecule has 2 nitrogen and oxygen atoms in total. The second-order valence-electron chi connectivity index (χ2n) is 7.22. The Balaban J connectivity index is 2.24. The molecule has 0 fully saturated rings. The Bertz CT molecular complexity index is 1010. The molecule has 0 saturated carbocycles. The van der Waals surface area contributed by atoms with Crippen LogP contribution < -0.4 is 9.47 Å². The third-order valence-corrected chi connectivity index (χ3v) is 4.75. The Morgan fingerprint density at radius 1 is 0.586 bits per heavy atom. The van der Waals surface area contributed by atoms with Gasteiger partial charge in [-0.05, 0) is 67.3 Å². The number of hydrogen-bond acceptors (Lipinski definition) is 2. The number of rotatable bonds is 4. The molecule has 5 heteroatoms. The Morgan fingerprint density at radius 2 is 1.03 bits per heavy atom. The van der Waals surface area contributed by atoms with Crippen molar-refractivity contribution < 1.29 is 22.6 Å². The van der Waals surface area contributed by atoms with Crippen molar-refractivity contribution >= 4 is 0 Å². The van der Waals surface area contributed by atoms with Gasteiger partial charge in [0.1, 0.15) is 11.5 Å². The first-order valence-electron chi connectivity index (χ1n) is 9.16. The van der Waals surface area contributed by atoms with Gasteiger partial charge in [0, 0.05) is 0 Å². The summed E-state index contributed by atoms with van der Waals surface area (Å²) in [5.74, 6) is 0.912. The minimum Gasteiger partial charge on any atom is -0.496 e. The van der Waals surface area contributed by atoms with Gasteiger partial charge < -0.3 is 9.47 Å². The second-order valence-corrected chi connectivity index (χ2v) is 7.22. The Kier molecular flexibility index (Phi) is 5.60. The van der Waals surface area contributed by atoms with Gasteiger partial charge in [-0.3, -0.25) is 0 Å². The topological polar surface area (TPSA) is 18.5 Å². The summed E-state index contributed by atoms with van der Waals surface area (Å²) in [5.41, 5.74) is 4.82. The zero-order chi connectivity index (χ0) is 21.3. The molecule has 0 amide bonds. The highest BCUT2D eigenvalue weighted by Crippen LogP contribution is 2.44. The lowest BCUT2D eigenvalue weighted by Crippen LogP contribution is -2.06. The Labute approximate surface area is 168 Å². The molecule has 3 aromatic carbocycles. The maximum absolute atomic E-state index is 13.3. The first-order chi connectivity index (χ1) is 13.6. The summed E-state index contributed by atoms with van der Waals surface area (Å²) in [5, 5.41) is 0. The molecule has 3 aromatic rings. The molecular formula is C24H23F3O2. The maximum Gasteiger partial charge on any atom is 0.416 e. The van der Waals surface area contributed by atoms with E-state index in [2.05, 4.69) is 18.2 Å². The van der Waals surface area contributed by atoms with Gasteiger partial charge in [-0.1, -0.05) is 35.4 Å². The molecule has 29 heavy (non-hydrogen) atoms. The molecule has 0 atom stereocenters. The highest BCUT2D eigenvalue weighted by molar-refractivity contribution is 5.83. The van der Waals surface area contributed by atoms with E-state index in [9.17, 15) is 13.2 Å². The van der Waals surface area contributed by atoms with Gasteiger partial charge in [0.25, 0.3) is 0 Å². The average molecular weight is 400 g/mol. The normalized spacial score (nSPS) is 11.4. The number of halogens is 3. The number of methoxy groups -OCH3 is 2. The second kappa shape index (κ2) is 7.82. The molecule has 0 N–H and O–H groups in total. The van der Waals surface area contributed by atoms with Crippen LogP contribution in [-0.4, -0.2) is 14.2 Å². The fourth-order valence-corrected chi connectivity index (χ4v) is 3.60. The van der Waals surface area contributed by atoms with Crippen LogP contribution in [0, 0.1) is 20.8 Å². The molecule has 0 radical (unpaired) electrons. The molecule has 0 unspecified atom stereocenters. The predicted octanol–water partition coefficient (Wildman–Crippen LogP) is 6.98. The standard InChI is InChI=1S/C24H23F3O2/c1-14-6-15(2)8-17(7-14)18-12-21(28-4)23(22(13-18)29-5)19-9-16(3)10-20(11-19)24(25,26)27/h6-13H,1-5H3. The number of ether oxygens (including phenoxy) is 2. The SMILES string of the molecule is COc1cc(-c2cc(C)cc(C)c2)cc(OC)c1-c1cc(C)cc(C(F)(F)F)c1. The summed E-state index contributed by atoms with van der Waals surface area (Å²) in [4.78, 5) is 0. The maximum atomic E-state index is 13.3. The molecule has 0 spiro atoms. The quantitative estimate of drug-likeness (QED) is 0.470. The lowest BCUT2D eigenvalue weighted by atomic mass is 9.94. The molecule has 0 heterocycles. The lowest BCUT2D eigenvalue weighted by molar-refractivity contribution is -0.137. The fraction of sp³-hybridized carbons (Fsp3) is 0.250. The van der Waals surface area contributed by atoms with Crippen LogP contribution in [0.1, 0.15) is 22.3 Å². The van der Waals surface area contributed by atoms with Crippen molar-refractivity contribution in [3.63, 3.8) is 0 Å². The van der Waals surface area contributed by atoms with Crippen LogP contribution >= 0.6 is 0 Å². The summed E-state index contributed by atoms with van der Waals surface area (Å²) in [6, 6.07) is 13.8. The molecule has 0 aromatic heterocycles. The smallest absolute Gasteiger partial charge is 0.416 e. The predicted molar refractivity (Wildman–Crippen MR) is 110 cm³/mol. The van der Waals surface area contributed by atoms with E-state index in [1.54, 1.807) is 13.0 Å². The van der Waals surface area contributed by atoms with Crippen LogP contribution in [0.25, 0.3) is 22.3 Å². The summed E-state index contributed by atoms with van der Waals surface area (Å²) >= 11 is 0.